The van der Waals surface area contributed by atoms with Crippen LogP contribution >= 0.6 is 0 Å². The Bertz CT molecular complexity index is 916. The molecule has 5 nitrogen and oxygen atoms in total. The third-order valence-corrected chi connectivity index (χ3v) is 4.06. The smallest absolute Gasteiger partial charge is 0.339 e. The van der Waals surface area contributed by atoms with E-state index >= 15 is 0 Å². The lowest BCUT2D eigenvalue weighted by atomic mass is 10.3. The molecule has 11 heteroatoms. The lowest BCUT2D eigenvalue weighted by Crippen LogP contribution is -2.14. The molecule has 0 saturated heterocycles. The molecule has 134 valence electrons. The SMILES string of the molecule is CC(=O)Nc1ccc(S(=O)(=O)Oc2c(F)c(F)c(F)c(F)c2F)cc1. The van der Waals surface area contributed by atoms with Crippen molar-refractivity contribution in [3.05, 3.63) is 53.4 Å². The predicted octanol–water partition coefficient (Wildman–Crippen LogP) is 3.11. The Morgan fingerprint density at radius 1 is 0.880 bits per heavy atom. The molecule has 0 unspecified atom stereocenters. The van der Waals surface area contributed by atoms with Crippen molar-refractivity contribution < 1.29 is 39.3 Å². The number of halogens is 5. The van der Waals surface area contributed by atoms with E-state index in [1.165, 1.54) is 6.92 Å². The normalized spacial score (nSPS) is 11.3. The summed E-state index contributed by atoms with van der Waals surface area (Å²) < 4.78 is 94.1. The van der Waals surface area contributed by atoms with Gasteiger partial charge >= 0.3 is 10.1 Å². The van der Waals surface area contributed by atoms with Crippen molar-refractivity contribution in [1.82, 2.24) is 0 Å². The molecule has 0 spiro atoms. The quantitative estimate of drug-likeness (QED) is 0.382. The summed E-state index contributed by atoms with van der Waals surface area (Å²) in [7, 11) is -4.90. The van der Waals surface area contributed by atoms with Crippen LogP contribution in [0.4, 0.5) is 27.6 Å². The van der Waals surface area contributed by atoms with Crippen LogP contribution in [0, 0.1) is 29.1 Å². The Hall–Kier alpha value is -2.69. The number of benzene rings is 2. The first kappa shape index (κ1) is 18.6. The van der Waals surface area contributed by atoms with Gasteiger partial charge in [0.15, 0.2) is 0 Å². The summed E-state index contributed by atoms with van der Waals surface area (Å²) >= 11 is 0. The summed E-state index contributed by atoms with van der Waals surface area (Å²) in [5, 5.41) is 2.34. The molecule has 0 aliphatic carbocycles. The van der Waals surface area contributed by atoms with Crippen molar-refractivity contribution in [3.8, 4) is 5.75 Å². The average Bonchev–Trinajstić information content (AvgIpc) is 2.55. The minimum atomic E-state index is -4.90. The van der Waals surface area contributed by atoms with Gasteiger partial charge in [0, 0.05) is 12.6 Å². The number of carbonyl (C=O) groups excluding carboxylic acids is 1. The molecule has 0 atom stereocenters. The van der Waals surface area contributed by atoms with E-state index in [2.05, 4.69) is 9.50 Å². The molecule has 2 rings (SSSR count). The van der Waals surface area contributed by atoms with E-state index in [9.17, 15) is 35.2 Å². The fourth-order valence-corrected chi connectivity index (χ4v) is 2.66. The molecule has 2 aromatic rings. The van der Waals surface area contributed by atoms with Gasteiger partial charge in [-0.1, -0.05) is 0 Å². The zero-order valence-corrected chi connectivity index (χ0v) is 13.1. The second-order valence-corrected chi connectivity index (χ2v) is 6.19. The Morgan fingerprint density at radius 3 is 1.76 bits per heavy atom. The summed E-state index contributed by atoms with van der Waals surface area (Å²) in [6.07, 6.45) is 0. The van der Waals surface area contributed by atoms with Crippen LogP contribution < -0.4 is 9.50 Å². The van der Waals surface area contributed by atoms with Gasteiger partial charge in [-0.3, -0.25) is 4.79 Å². The maximum atomic E-state index is 13.5. The van der Waals surface area contributed by atoms with Gasteiger partial charge in [0.1, 0.15) is 4.90 Å². The average molecular weight is 381 g/mol. The molecular weight excluding hydrogens is 373 g/mol. The zero-order valence-electron chi connectivity index (χ0n) is 12.2. The number of carbonyl (C=O) groups is 1. The number of rotatable bonds is 4. The maximum Gasteiger partial charge on any atom is 0.339 e. The van der Waals surface area contributed by atoms with Crippen molar-refractivity contribution in [3.63, 3.8) is 0 Å². The molecule has 0 aliphatic heterocycles. The van der Waals surface area contributed by atoms with Crippen LogP contribution in [-0.2, 0) is 14.9 Å². The minimum absolute atomic E-state index is 0.211. The highest BCUT2D eigenvalue weighted by Crippen LogP contribution is 2.31. The highest BCUT2D eigenvalue weighted by Gasteiger charge is 2.30. The summed E-state index contributed by atoms with van der Waals surface area (Å²) in [4.78, 5) is 10.2. The zero-order chi connectivity index (χ0) is 18.9. The molecule has 25 heavy (non-hydrogen) atoms. The summed E-state index contributed by atoms with van der Waals surface area (Å²) in [5.41, 5.74) is 0.211. The van der Waals surface area contributed by atoms with Crippen LogP contribution in [0.2, 0.25) is 0 Å². The molecule has 0 radical (unpaired) electrons. The lowest BCUT2D eigenvalue weighted by molar-refractivity contribution is -0.114. The highest BCUT2D eigenvalue weighted by atomic mass is 32.2. The van der Waals surface area contributed by atoms with Gasteiger partial charge in [-0.2, -0.15) is 17.2 Å². The summed E-state index contributed by atoms with van der Waals surface area (Å²) in [6, 6.07) is 4.09. The third-order valence-electron chi connectivity index (χ3n) is 2.83. The van der Waals surface area contributed by atoms with E-state index in [1.54, 1.807) is 0 Å². The lowest BCUT2D eigenvalue weighted by Gasteiger charge is -2.11. The Morgan fingerprint density at radius 2 is 1.32 bits per heavy atom. The maximum absolute atomic E-state index is 13.5. The van der Waals surface area contributed by atoms with E-state index in [-0.39, 0.29) is 5.69 Å². The van der Waals surface area contributed by atoms with Crippen LogP contribution in [0.3, 0.4) is 0 Å². The van der Waals surface area contributed by atoms with Gasteiger partial charge < -0.3 is 9.50 Å². The van der Waals surface area contributed by atoms with E-state index in [1.807, 2.05) is 0 Å². The van der Waals surface area contributed by atoms with Gasteiger partial charge in [-0.25, -0.2) is 13.2 Å². The molecule has 0 fully saturated rings. The van der Waals surface area contributed by atoms with Gasteiger partial charge in [0.05, 0.1) is 0 Å². The van der Waals surface area contributed by atoms with Crippen molar-refractivity contribution in [2.75, 3.05) is 5.32 Å². The number of hydrogen-bond acceptors (Lipinski definition) is 4. The molecule has 0 heterocycles. The minimum Gasteiger partial charge on any atom is -0.372 e. The molecular formula is C14H8F5NO4S. The molecule has 0 aromatic heterocycles. The van der Waals surface area contributed by atoms with Gasteiger partial charge in [0.2, 0.25) is 40.7 Å². The second kappa shape index (κ2) is 6.67. The van der Waals surface area contributed by atoms with Crippen LogP contribution in [-0.4, -0.2) is 14.3 Å². The summed E-state index contributed by atoms with van der Waals surface area (Å²) in [6.45, 7) is 1.21. The Labute approximate surface area is 138 Å². The number of hydrogen-bond donors (Lipinski definition) is 1. The third kappa shape index (κ3) is 3.71. The molecule has 1 N–H and O–H groups in total. The first-order valence-electron chi connectivity index (χ1n) is 6.38. The highest BCUT2D eigenvalue weighted by molar-refractivity contribution is 7.87. The fourth-order valence-electron chi connectivity index (χ4n) is 1.72. The first-order chi connectivity index (χ1) is 11.5. The Kier molecular flexibility index (Phi) is 4.97. The van der Waals surface area contributed by atoms with Crippen molar-refractivity contribution in [1.29, 1.82) is 0 Å². The molecule has 2 aromatic carbocycles. The monoisotopic (exact) mass is 381 g/mol. The van der Waals surface area contributed by atoms with Gasteiger partial charge in [-0.05, 0) is 24.3 Å². The van der Waals surface area contributed by atoms with Crippen molar-refractivity contribution in [2.45, 2.75) is 11.8 Å². The van der Waals surface area contributed by atoms with E-state index < -0.39 is 55.8 Å². The number of amides is 1. The van der Waals surface area contributed by atoms with E-state index in [0.29, 0.717) is 0 Å². The van der Waals surface area contributed by atoms with E-state index in [0.717, 1.165) is 24.3 Å². The van der Waals surface area contributed by atoms with Crippen LogP contribution in [0.5, 0.6) is 5.75 Å². The van der Waals surface area contributed by atoms with Gasteiger partial charge in [-0.15, -0.1) is 0 Å². The van der Waals surface area contributed by atoms with Crippen molar-refractivity contribution >= 4 is 21.7 Å². The topological polar surface area (TPSA) is 72.5 Å². The molecule has 0 aliphatic rings. The molecule has 0 bridgehead atoms. The molecule has 0 saturated carbocycles. The van der Waals surface area contributed by atoms with Gasteiger partial charge in [0.25, 0.3) is 0 Å². The second-order valence-electron chi connectivity index (χ2n) is 4.64. The Balaban J connectivity index is 2.41. The van der Waals surface area contributed by atoms with Crippen LogP contribution in [0.15, 0.2) is 29.2 Å². The van der Waals surface area contributed by atoms with Crippen molar-refractivity contribution in [2.24, 2.45) is 0 Å². The summed E-state index contributed by atoms with van der Waals surface area (Å²) in [5.74, 6) is -14.4. The molecule has 1 amide bonds. The van der Waals surface area contributed by atoms with Crippen LogP contribution in [0.1, 0.15) is 6.92 Å². The predicted molar refractivity (Wildman–Crippen MR) is 74.8 cm³/mol. The van der Waals surface area contributed by atoms with E-state index in [4.69, 9.17) is 0 Å². The first-order valence-corrected chi connectivity index (χ1v) is 7.79. The largest absolute Gasteiger partial charge is 0.372 e. The fraction of sp³-hybridized carbons (Fsp3) is 0.0714. The standard InChI is InChI=1S/C14H8F5NO4S/c1-6(21)20-7-2-4-8(5-3-7)25(22,23)24-14-12(18)10(16)9(15)11(17)13(14)19/h2-5H,1H3,(H,20,21). The van der Waals surface area contributed by atoms with Crippen LogP contribution in [0.25, 0.3) is 0 Å². The number of anilines is 1. The number of nitrogens with one attached hydrogen (secondary N) is 1.